The number of rotatable bonds is 2. The molecule has 0 spiro atoms. The maximum absolute atomic E-state index is 2.29. The van der Waals surface area contributed by atoms with Gasteiger partial charge < -0.3 is 0 Å². The van der Waals surface area contributed by atoms with Gasteiger partial charge in [0.2, 0.25) is 0 Å². The fourth-order valence-corrected chi connectivity index (χ4v) is 3.37. The van der Waals surface area contributed by atoms with Crippen LogP contribution < -0.4 is 0 Å². The lowest BCUT2D eigenvalue weighted by Gasteiger charge is -2.00. The van der Waals surface area contributed by atoms with Crippen molar-refractivity contribution in [3.8, 4) is 0 Å². The molecule has 0 unspecified atom stereocenters. The Morgan fingerprint density at radius 1 is 0.562 bits per heavy atom. The third kappa shape index (κ3) is 0.863. The van der Waals surface area contributed by atoms with Gasteiger partial charge in [0.05, 0.1) is 0 Å². The fourth-order valence-electron chi connectivity index (χ4n) is 3.37. The molecule has 0 N–H and O–H groups in total. The highest BCUT2D eigenvalue weighted by molar-refractivity contribution is 5.61. The topological polar surface area (TPSA) is 0 Å². The Labute approximate surface area is 95.9 Å². The standard InChI is InChI=1S/C16H14/c1-3-7-13(8-4-1)15-11-16(15,12-15)14-9-5-2-6-10-14/h1-10H,11-12H2. The quantitative estimate of drug-likeness (QED) is 0.703. The van der Waals surface area contributed by atoms with E-state index in [2.05, 4.69) is 60.7 Å². The Morgan fingerprint density at radius 2 is 0.938 bits per heavy atom. The summed E-state index contributed by atoms with van der Waals surface area (Å²) in [5, 5.41) is 0. The smallest absolute Gasteiger partial charge is 0.00680 e. The van der Waals surface area contributed by atoms with E-state index in [1.807, 2.05) is 0 Å². The lowest BCUT2D eigenvalue weighted by atomic mass is 10.0. The van der Waals surface area contributed by atoms with Gasteiger partial charge in [-0.05, 0) is 24.0 Å². The molecule has 0 amide bonds. The molecule has 0 aliphatic heterocycles. The van der Waals surface area contributed by atoms with E-state index < -0.39 is 0 Å². The summed E-state index contributed by atoms with van der Waals surface area (Å²) in [6.45, 7) is 0. The molecule has 2 aliphatic carbocycles. The molecule has 2 saturated carbocycles. The first kappa shape index (κ1) is 8.58. The van der Waals surface area contributed by atoms with Gasteiger partial charge in [0, 0.05) is 10.8 Å². The Balaban J connectivity index is 1.74. The molecule has 0 heteroatoms. The zero-order valence-corrected chi connectivity index (χ0v) is 9.19. The molecule has 2 aromatic rings. The van der Waals surface area contributed by atoms with E-state index in [1.54, 1.807) is 11.1 Å². The third-order valence-corrected chi connectivity index (χ3v) is 4.53. The molecule has 0 radical (unpaired) electrons. The highest BCUT2D eigenvalue weighted by Crippen LogP contribution is 2.85. The monoisotopic (exact) mass is 206 g/mol. The summed E-state index contributed by atoms with van der Waals surface area (Å²) in [6.07, 6.45) is 2.71. The van der Waals surface area contributed by atoms with Gasteiger partial charge in [0.1, 0.15) is 0 Å². The van der Waals surface area contributed by atoms with Crippen LogP contribution >= 0.6 is 0 Å². The van der Waals surface area contributed by atoms with Crippen molar-refractivity contribution in [2.75, 3.05) is 0 Å². The van der Waals surface area contributed by atoms with Gasteiger partial charge in [-0.3, -0.25) is 0 Å². The predicted octanol–water partition coefficient (Wildman–Crippen LogP) is 3.67. The molecule has 4 rings (SSSR count). The van der Waals surface area contributed by atoms with Crippen LogP contribution in [0.4, 0.5) is 0 Å². The summed E-state index contributed by atoms with van der Waals surface area (Å²) in [5.41, 5.74) is 4.10. The normalized spacial score (nSPS) is 34.2. The molecule has 16 heavy (non-hydrogen) atoms. The number of hydrogen-bond acceptors (Lipinski definition) is 0. The van der Waals surface area contributed by atoms with E-state index in [9.17, 15) is 0 Å². The van der Waals surface area contributed by atoms with E-state index in [0.29, 0.717) is 10.8 Å². The van der Waals surface area contributed by atoms with Crippen molar-refractivity contribution in [3.63, 3.8) is 0 Å². The zero-order chi connectivity index (χ0) is 10.6. The van der Waals surface area contributed by atoms with Crippen LogP contribution in [0, 0.1) is 0 Å². The largest absolute Gasteiger partial charge is 0.0622 e. The summed E-state index contributed by atoms with van der Waals surface area (Å²) >= 11 is 0. The third-order valence-electron chi connectivity index (χ3n) is 4.53. The van der Waals surface area contributed by atoms with Crippen LogP contribution in [0.1, 0.15) is 24.0 Å². The van der Waals surface area contributed by atoms with Crippen molar-refractivity contribution < 1.29 is 0 Å². The summed E-state index contributed by atoms with van der Waals surface area (Å²) in [6, 6.07) is 22.0. The molecule has 2 fully saturated rings. The van der Waals surface area contributed by atoms with Crippen LogP contribution in [0.5, 0.6) is 0 Å². The minimum atomic E-state index is 0.510. The van der Waals surface area contributed by atoms with Crippen molar-refractivity contribution in [2.24, 2.45) is 0 Å². The second-order valence-corrected chi connectivity index (χ2v) is 5.25. The highest BCUT2D eigenvalue weighted by Gasteiger charge is 2.83. The predicted molar refractivity (Wildman–Crippen MR) is 65.5 cm³/mol. The van der Waals surface area contributed by atoms with Gasteiger partial charge >= 0.3 is 0 Å². The second kappa shape index (κ2) is 2.57. The average Bonchev–Trinajstić information content (AvgIpc) is 3.18. The first-order valence-corrected chi connectivity index (χ1v) is 5.99. The van der Waals surface area contributed by atoms with Gasteiger partial charge in [-0.1, -0.05) is 60.7 Å². The number of hydrogen-bond donors (Lipinski definition) is 0. The van der Waals surface area contributed by atoms with E-state index >= 15 is 0 Å². The van der Waals surface area contributed by atoms with Crippen LogP contribution in [0.2, 0.25) is 0 Å². The van der Waals surface area contributed by atoms with Gasteiger partial charge in [0.25, 0.3) is 0 Å². The summed E-state index contributed by atoms with van der Waals surface area (Å²) in [4.78, 5) is 0. The van der Waals surface area contributed by atoms with E-state index in [4.69, 9.17) is 0 Å². The first-order chi connectivity index (χ1) is 7.87. The lowest BCUT2D eigenvalue weighted by Crippen LogP contribution is -1.91. The molecule has 0 bridgehead atoms. The minimum absolute atomic E-state index is 0.510. The zero-order valence-electron chi connectivity index (χ0n) is 9.19. The molecule has 0 heterocycles. The van der Waals surface area contributed by atoms with Gasteiger partial charge in [0.15, 0.2) is 0 Å². The Morgan fingerprint density at radius 3 is 1.31 bits per heavy atom. The molecular formula is C16H14. The highest BCUT2D eigenvalue weighted by atomic mass is 14.9. The van der Waals surface area contributed by atoms with Crippen molar-refractivity contribution >= 4 is 0 Å². The van der Waals surface area contributed by atoms with E-state index in [-0.39, 0.29) is 0 Å². The van der Waals surface area contributed by atoms with Crippen molar-refractivity contribution in [1.29, 1.82) is 0 Å². The summed E-state index contributed by atoms with van der Waals surface area (Å²) in [7, 11) is 0. The van der Waals surface area contributed by atoms with Crippen LogP contribution in [-0.4, -0.2) is 0 Å². The van der Waals surface area contributed by atoms with Crippen LogP contribution in [0.15, 0.2) is 60.7 Å². The molecule has 0 aromatic heterocycles. The summed E-state index contributed by atoms with van der Waals surface area (Å²) < 4.78 is 0. The second-order valence-electron chi connectivity index (χ2n) is 5.25. The minimum Gasteiger partial charge on any atom is -0.0622 e. The maximum atomic E-state index is 2.29. The summed E-state index contributed by atoms with van der Waals surface area (Å²) in [5.74, 6) is 0. The SMILES string of the molecule is c1ccc(C23CC2(c2ccccc2)C3)cc1. The van der Waals surface area contributed by atoms with Crippen LogP contribution in [0.3, 0.4) is 0 Å². The molecule has 0 atom stereocenters. The number of fused-ring (bicyclic) bond motifs is 1. The molecule has 0 nitrogen and oxygen atoms in total. The Kier molecular flexibility index (Phi) is 1.38. The molecular weight excluding hydrogens is 192 g/mol. The first-order valence-electron chi connectivity index (χ1n) is 5.99. The van der Waals surface area contributed by atoms with Crippen LogP contribution in [0.25, 0.3) is 0 Å². The van der Waals surface area contributed by atoms with E-state index in [0.717, 1.165) is 0 Å². The molecule has 78 valence electrons. The fraction of sp³-hybridized carbons (Fsp3) is 0.250. The molecule has 0 saturated heterocycles. The molecule has 2 aromatic carbocycles. The average molecular weight is 206 g/mol. The van der Waals surface area contributed by atoms with Crippen molar-refractivity contribution in [1.82, 2.24) is 0 Å². The molecule has 2 aliphatic rings. The van der Waals surface area contributed by atoms with Crippen LogP contribution in [-0.2, 0) is 10.8 Å². The van der Waals surface area contributed by atoms with E-state index in [1.165, 1.54) is 12.8 Å². The Hall–Kier alpha value is -1.56. The maximum Gasteiger partial charge on any atom is 0.00680 e. The van der Waals surface area contributed by atoms with Gasteiger partial charge in [-0.15, -0.1) is 0 Å². The van der Waals surface area contributed by atoms with Gasteiger partial charge in [-0.2, -0.15) is 0 Å². The van der Waals surface area contributed by atoms with Crippen molar-refractivity contribution in [2.45, 2.75) is 23.7 Å². The van der Waals surface area contributed by atoms with Crippen molar-refractivity contribution in [3.05, 3.63) is 71.8 Å². The van der Waals surface area contributed by atoms with Gasteiger partial charge in [-0.25, -0.2) is 0 Å². The lowest BCUT2D eigenvalue weighted by molar-refractivity contribution is 0.783. The number of benzene rings is 2. The Bertz CT molecular complexity index is 469.